The Bertz CT molecular complexity index is 932. The number of hydrogen-bond donors (Lipinski definition) is 0. The number of pyridine rings is 1. The SMILES string of the molecule is CC(C)Cc1cnccc1CN1C(=O)N(c2ccc(SC(F)(F)F)cc2)C(=O)C1C. The lowest BCUT2D eigenvalue weighted by atomic mass is 9.99. The van der Waals surface area contributed by atoms with E-state index in [0.717, 1.165) is 22.4 Å². The second kappa shape index (κ2) is 8.67. The van der Waals surface area contributed by atoms with Crippen molar-refractivity contribution in [1.29, 1.82) is 0 Å². The van der Waals surface area contributed by atoms with Crippen LogP contribution < -0.4 is 4.90 Å². The van der Waals surface area contributed by atoms with E-state index in [4.69, 9.17) is 0 Å². The third-order valence-electron chi connectivity index (χ3n) is 4.78. The quantitative estimate of drug-likeness (QED) is 0.458. The highest BCUT2D eigenvalue weighted by Crippen LogP contribution is 2.38. The fraction of sp³-hybridized carbons (Fsp3) is 0.381. The maximum absolute atomic E-state index is 13.0. The van der Waals surface area contributed by atoms with Crippen molar-refractivity contribution in [2.75, 3.05) is 4.90 Å². The maximum Gasteiger partial charge on any atom is 0.446 e. The number of anilines is 1. The molecule has 1 aliphatic heterocycles. The van der Waals surface area contributed by atoms with Gasteiger partial charge in [0, 0.05) is 23.8 Å². The molecule has 3 rings (SSSR count). The summed E-state index contributed by atoms with van der Waals surface area (Å²) in [6.45, 7) is 6.09. The van der Waals surface area contributed by atoms with Gasteiger partial charge in [-0.25, -0.2) is 9.69 Å². The summed E-state index contributed by atoms with van der Waals surface area (Å²) in [6, 6.07) is 5.90. The van der Waals surface area contributed by atoms with E-state index in [1.807, 2.05) is 6.07 Å². The summed E-state index contributed by atoms with van der Waals surface area (Å²) in [6.07, 6.45) is 4.23. The Labute approximate surface area is 177 Å². The lowest BCUT2D eigenvalue weighted by molar-refractivity contribution is -0.119. The lowest BCUT2D eigenvalue weighted by Gasteiger charge is -2.21. The van der Waals surface area contributed by atoms with E-state index < -0.39 is 23.5 Å². The fourth-order valence-electron chi connectivity index (χ4n) is 3.36. The summed E-state index contributed by atoms with van der Waals surface area (Å²) in [5.74, 6) is 0.00144. The van der Waals surface area contributed by atoms with E-state index >= 15 is 0 Å². The molecule has 0 radical (unpaired) electrons. The van der Waals surface area contributed by atoms with Crippen LogP contribution in [0, 0.1) is 5.92 Å². The second-order valence-corrected chi connectivity index (χ2v) is 8.68. The Hall–Kier alpha value is -2.55. The topological polar surface area (TPSA) is 53.5 Å². The standard InChI is InChI=1S/C21H22F3N3O2S/c1-13(2)10-16-11-25-9-8-15(16)12-26-14(3)19(28)27(20(26)29)17-4-6-18(7-5-17)30-21(22,23)24/h4-9,11,13-14H,10,12H2,1-3H3. The average molecular weight is 437 g/mol. The Morgan fingerprint density at radius 2 is 1.77 bits per heavy atom. The van der Waals surface area contributed by atoms with Gasteiger partial charge in [-0.3, -0.25) is 9.78 Å². The van der Waals surface area contributed by atoms with E-state index in [9.17, 15) is 22.8 Å². The van der Waals surface area contributed by atoms with Crippen molar-refractivity contribution in [3.05, 3.63) is 53.9 Å². The molecular formula is C21H22F3N3O2S. The maximum atomic E-state index is 13.0. The van der Waals surface area contributed by atoms with E-state index in [-0.39, 0.29) is 28.9 Å². The number of imide groups is 1. The number of amides is 3. The molecule has 2 aromatic rings. The minimum atomic E-state index is -4.40. The van der Waals surface area contributed by atoms with Crippen molar-refractivity contribution in [3.8, 4) is 0 Å². The minimum absolute atomic E-state index is 0.00892. The summed E-state index contributed by atoms with van der Waals surface area (Å²) < 4.78 is 37.6. The normalized spacial score (nSPS) is 17.4. The molecular weight excluding hydrogens is 415 g/mol. The minimum Gasteiger partial charge on any atom is -0.308 e. The number of benzene rings is 1. The molecule has 1 atom stereocenters. The first-order chi connectivity index (χ1) is 14.1. The van der Waals surface area contributed by atoms with Gasteiger partial charge in [-0.15, -0.1) is 0 Å². The third-order valence-corrected chi connectivity index (χ3v) is 5.52. The van der Waals surface area contributed by atoms with Gasteiger partial charge in [0.15, 0.2) is 0 Å². The zero-order chi connectivity index (χ0) is 22.1. The van der Waals surface area contributed by atoms with Gasteiger partial charge >= 0.3 is 11.5 Å². The molecule has 1 fully saturated rings. The van der Waals surface area contributed by atoms with Crippen molar-refractivity contribution in [3.63, 3.8) is 0 Å². The van der Waals surface area contributed by atoms with Crippen LogP contribution in [0.15, 0.2) is 47.6 Å². The van der Waals surface area contributed by atoms with Crippen LogP contribution in [0.3, 0.4) is 0 Å². The van der Waals surface area contributed by atoms with Crippen LogP contribution in [0.1, 0.15) is 31.9 Å². The van der Waals surface area contributed by atoms with Crippen LogP contribution in [0.25, 0.3) is 0 Å². The van der Waals surface area contributed by atoms with Crippen LogP contribution in [-0.2, 0) is 17.8 Å². The number of halogens is 3. The van der Waals surface area contributed by atoms with E-state index in [0.29, 0.717) is 5.92 Å². The lowest BCUT2D eigenvalue weighted by Crippen LogP contribution is -2.33. The Balaban J connectivity index is 1.81. The van der Waals surface area contributed by atoms with Crippen molar-refractivity contribution >= 4 is 29.4 Å². The smallest absolute Gasteiger partial charge is 0.308 e. The van der Waals surface area contributed by atoms with Crippen molar-refractivity contribution in [2.24, 2.45) is 5.92 Å². The number of thioether (sulfide) groups is 1. The van der Waals surface area contributed by atoms with Crippen LogP contribution >= 0.6 is 11.8 Å². The van der Waals surface area contributed by atoms with Crippen LogP contribution in [0.2, 0.25) is 0 Å². The Morgan fingerprint density at radius 3 is 2.37 bits per heavy atom. The van der Waals surface area contributed by atoms with Gasteiger partial charge in [-0.05, 0) is 72.5 Å². The number of alkyl halides is 3. The molecule has 30 heavy (non-hydrogen) atoms. The summed E-state index contributed by atoms with van der Waals surface area (Å²) in [7, 11) is 0. The van der Waals surface area contributed by atoms with Crippen LogP contribution in [0.4, 0.5) is 23.7 Å². The Kier molecular flexibility index (Phi) is 6.40. The number of nitrogens with zero attached hydrogens (tertiary/aromatic N) is 3. The van der Waals surface area contributed by atoms with Gasteiger partial charge in [-0.2, -0.15) is 13.2 Å². The fourth-order valence-corrected chi connectivity index (χ4v) is 3.90. The molecule has 0 saturated carbocycles. The van der Waals surface area contributed by atoms with E-state index in [1.165, 1.54) is 29.2 Å². The second-order valence-electron chi connectivity index (χ2n) is 7.54. The number of carbonyl (C=O) groups excluding carboxylic acids is 2. The summed E-state index contributed by atoms with van der Waals surface area (Å²) in [5, 5.41) is 0. The molecule has 5 nitrogen and oxygen atoms in total. The third kappa shape index (κ3) is 4.95. The molecule has 0 spiro atoms. The number of rotatable bonds is 6. The zero-order valence-electron chi connectivity index (χ0n) is 16.8. The summed E-state index contributed by atoms with van der Waals surface area (Å²) >= 11 is -0.242. The molecule has 3 amide bonds. The van der Waals surface area contributed by atoms with Gasteiger partial charge in [0.25, 0.3) is 5.91 Å². The molecule has 2 heterocycles. The first-order valence-electron chi connectivity index (χ1n) is 9.49. The predicted molar refractivity (Wildman–Crippen MR) is 109 cm³/mol. The highest BCUT2D eigenvalue weighted by molar-refractivity contribution is 8.00. The summed E-state index contributed by atoms with van der Waals surface area (Å²) in [4.78, 5) is 32.4. The van der Waals surface area contributed by atoms with Gasteiger partial charge in [0.2, 0.25) is 0 Å². The van der Waals surface area contributed by atoms with Gasteiger partial charge < -0.3 is 4.90 Å². The largest absolute Gasteiger partial charge is 0.446 e. The van der Waals surface area contributed by atoms with E-state index in [1.54, 1.807) is 19.3 Å². The highest BCUT2D eigenvalue weighted by atomic mass is 32.2. The van der Waals surface area contributed by atoms with Gasteiger partial charge in [0.05, 0.1) is 5.69 Å². The molecule has 9 heteroatoms. The van der Waals surface area contributed by atoms with Gasteiger partial charge in [0.1, 0.15) is 6.04 Å². The van der Waals surface area contributed by atoms with Crippen LogP contribution in [0.5, 0.6) is 0 Å². The highest BCUT2D eigenvalue weighted by Gasteiger charge is 2.43. The average Bonchev–Trinajstić information content (AvgIpc) is 2.86. The summed E-state index contributed by atoms with van der Waals surface area (Å²) in [5.41, 5.74) is -2.20. The zero-order valence-corrected chi connectivity index (χ0v) is 17.6. The number of hydrogen-bond acceptors (Lipinski definition) is 4. The predicted octanol–water partition coefficient (Wildman–Crippen LogP) is 5.25. The van der Waals surface area contributed by atoms with Crippen LogP contribution in [-0.4, -0.2) is 33.4 Å². The molecule has 1 aromatic carbocycles. The van der Waals surface area contributed by atoms with Crippen molar-refractivity contribution in [1.82, 2.24) is 9.88 Å². The molecule has 0 aliphatic carbocycles. The molecule has 160 valence electrons. The number of aromatic nitrogens is 1. The number of carbonyl (C=O) groups is 2. The van der Waals surface area contributed by atoms with Crippen molar-refractivity contribution in [2.45, 2.75) is 50.2 Å². The van der Waals surface area contributed by atoms with Gasteiger partial charge in [-0.1, -0.05) is 13.8 Å². The number of urea groups is 1. The Morgan fingerprint density at radius 1 is 1.10 bits per heavy atom. The molecule has 1 aromatic heterocycles. The van der Waals surface area contributed by atoms with E-state index in [2.05, 4.69) is 18.8 Å². The molecule has 1 unspecified atom stereocenters. The molecule has 0 bridgehead atoms. The van der Waals surface area contributed by atoms with Crippen molar-refractivity contribution < 1.29 is 22.8 Å². The first kappa shape index (κ1) is 22.1. The molecule has 1 saturated heterocycles. The monoisotopic (exact) mass is 437 g/mol. The molecule has 0 N–H and O–H groups in total. The first-order valence-corrected chi connectivity index (χ1v) is 10.3. The molecule has 1 aliphatic rings.